The van der Waals surface area contributed by atoms with E-state index >= 15 is 0 Å². The second-order valence-corrected chi connectivity index (χ2v) is 9.76. The van der Waals surface area contributed by atoms with Crippen LogP contribution in [0, 0.1) is 0 Å². The van der Waals surface area contributed by atoms with E-state index in [-0.39, 0.29) is 5.24 Å². The van der Waals surface area contributed by atoms with Crippen LogP contribution in [0.3, 0.4) is 0 Å². The van der Waals surface area contributed by atoms with Gasteiger partial charge in [-0.05, 0) is 47.3 Å². The van der Waals surface area contributed by atoms with Crippen LogP contribution in [0.15, 0.2) is 60.1 Å². The van der Waals surface area contributed by atoms with Gasteiger partial charge in [0.05, 0.1) is 0 Å². The molecule has 2 amide bonds. The fourth-order valence-corrected chi connectivity index (χ4v) is 4.73. The van der Waals surface area contributed by atoms with Gasteiger partial charge in [-0.15, -0.1) is 11.3 Å². The highest BCUT2D eigenvalue weighted by Crippen LogP contribution is 2.27. The molecule has 0 aliphatic carbocycles. The number of thioether (sulfide) groups is 2. The lowest BCUT2D eigenvalue weighted by molar-refractivity contribution is -0.139. The third kappa shape index (κ3) is 7.34. The molecular formula is C23H23N3O4S3. The third-order valence-corrected chi connectivity index (χ3v) is 6.81. The highest BCUT2D eigenvalue weighted by atomic mass is 32.2. The van der Waals surface area contributed by atoms with E-state index in [2.05, 4.69) is 15.6 Å². The van der Waals surface area contributed by atoms with Crippen molar-refractivity contribution in [3.63, 3.8) is 0 Å². The highest BCUT2D eigenvalue weighted by molar-refractivity contribution is 8.13. The molecule has 3 aromatic rings. The van der Waals surface area contributed by atoms with Gasteiger partial charge in [0.2, 0.25) is 0 Å². The molecule has 0 fully saturated rings. The van der Waals surface area contributed by atoms with Crippen LogP contribution >= 0.6 is 34.9 Å². The molecule has 3 rings (SSSR count). The van der Waals surface area contributed by atoms with Gasteiger partial charge < -0.3 is 10.4 Å². The Morgan fingerprint density at radius 3 is 2.61 bits per heavy atom. The number of carbonyl (C=O) groups is 3. The quantitative estimate of drug-likeness (QED) is 0.350. The van der Waals surface area contributed by atoms with Gasteiger partial charge in [0.25, 0.3) is 11.1 Å². The molecule has 0 saturated heterocycles. The van der Waals surface area contributed by atoms with Gasteiger partial charge in [0, 0.05) is 22.9 Å². The van der Waals surface area contributed by atoms with Crippen LogP contribution in [0.2, 0.25) is 0 Å². The summed E-state index contributed by atoms with van der Waals surface area (Å²) in [6.07, 6.45) is 3.85. The largest absolute Gasteiger partial charge is 0.480 e. The van der Waals surface area contributed by atoms with E-state index in [9.17, 15) is 19.5 Å². The summed E-state index contributed by atoms with van der Waals surface area (Å²) in [5, 5.41) is 17.0. The molecule has 0 aliphatic heterocycles. The van der Waals surface area contributed by atoms with Crippen molar-refractivity contribution in [3.8, 4) is 11.1 Å². The van der Waals surface area contributed by atoms with E-state index in [1.54, 1.807) is 23.7 Å². The lowest BCUT2D eigenvalue weighted by Gasteiger charge is -2.17. The van der Waals surface area contributed by atoms with Crippen LogP contribution < -0.4 is 10.6 Å². The second kappa shape index (κ2) is 12.4. The Kier molecular flexibility index (Phi) is 9.35. The minimum atomic E-state index is -1.06. The van der Waals surface area contributed by atoms with Crippen LogP contribution in [-0.2, 0) is 10.5 Å². The Labute approximate surface area is 204 Å². The number of nitrogens with zero attached hydrogens (tertiary/aromatic N) is 1. The lowest BCUT2D eigenvalue weighted by atomic mass is 9.97. The molecule has 2 aromatic carbocycles. The fourth-order valence-electron chi connectivity index (χ4n) is 3.02. The first-order valence-corrected chi connectivity index (χ1v) is 13.3. The normalized spacial score (nSPS) is 11.5. The second-order valence-electron chi connectivity index (χ2n) is 6.93. The van der Waals surface area contributed by atoms with Crippen molar-refractivity contribution < 1.29 is 19.5 Å². The number of aliphatic carboxylic acids is 1. The molecule has 10 heteroatoms. The number of anilines is 1. The van der Waals surface area contributed by atoms with Gasteiger partial charge in [-0.25, -0.2) is 9.78 Å². The number of hydrogen-bond acceptors (Lipinski definition) is 7. The molecule has 0 bridgehead atoms. The minimum Gasteiger partial charge on any atom is -0.480 e. The van der Waals surface area contributed by atoms with Crippen molar-refractivity contribution in [3.05, 3.63) is 71.2 Å². The number of carbonyl (C=O) groups excluding carboxylic acids is 2. The van der Waals surface area contributed by atoms with Gasteiger partial charge in [0.15, 0.2) is 5.13 Å². The SMILES string of the molecule is CSCCC(NC(=O)c1ccc(CSC(=O)Nc2nccs2)cc1-c1ccccc1)C(=O)O. The predicted molar refractivity (Wildman–Crippen MR) is 136 cm³/mol. The Balaban J connectivity index is 1.79. The number of hydrogen-bond donors (Lipinski definition) is 3. The molecule has 33 heavy (non-hydrogen) atoms. The molecular weight excluding hydrogens is 478 g/mol. The van der Waals surface area contributed by atoms with E-state index in [4.69, 9.17) is 0 Å². The van der Waals surface area contributed by atoms with Gasteiger partial charge >= 0.3 is 5.97 Å². The number of carboxylic acids is 1. The van der Waals surface area contributed by atoms with E-state index in [1.165, 1.54) is 23.1 Å². The number of aromatic nitrogens is 1. The maximum Gasteiger partial charge on any atom is 0.326 e. The summed E-state index contributed by atoms with van der Waals surface area (Å²) in [4.78, 5) is 40.8. The van der Waals surface area contributed by atoms with Crippen LogP contribution in [0.4, 0.5) is 9.93 Å². The van der Waals surface area contributed by atoms with Crippen LogP contribution in [0.5, 0.6) is 0 Å². The molecule has 1 aromatic heterocycles. The van der Waals surface area contributed by atoms with E-state index in [0.717, 1.165) is 22.9 Å². The molecule has 7 nitrogen and oxygen atoms in total. The molecule has 0 radical (unpaired) electrons. The van der Waals surface area contributed by atoms with Crippen molar-refractivity contribution >= 4 is 57.1 Å². The summed E-state index contributed by atoms with van der Waals surface area (Å²) in [5.41, 5.74) is 2.76. The predicted octanol–water partition coefficient (Wildman–Crippen LogP) is 5.21. The Morgan fingerprint density at radius 2 is 1.94 bits per heavy atom. The summed E-state index contributed by atoms with van der Waals surface area (Å²) in [6, 6.07) is 13.8. The summed E-state index contributed by atoms with van der Waals surface area (Å²) < 4.78 is 0. The van der Waals surface area contributed by atoms with Gasteiger partial charge in [0.1, 0.15) is 6.04 Å². The molecule has 1 heterocycles. The summed E-state index contributed by atoms with van der Waals surface area (Å²) in [7, 11) is 0. The van der Waals surface area contributed by atoms with Crippen molar-refractivity contribution in [2.45, 2.75) is 18.2 Å². The summed E-state index contributed by atoms with van der Waals surface area (Å²) in [5.74, 6) is -0.465. The standard InChI is InChI=1S/C23H23N3O4S3/c1-31-11-9-19(21(28)29)25-20(27)17-8-7-15(13-18(17)16-5-3-2-4-6-16)14-33-23(30)26-22-24-10-12-32-22/h2-8,10,12-13,19H,9,11,14H2,1H3,(H,25,27)(H,28,29)(H,24,26,30). The van der Waals surface area contributed by atoms with Crippen LogP contribution in [0.1, 0.15) is 22.3 Å². The number of nitrogens with one attached hydrogen (secondary N) is 2. The summed E-state index contributed by atoms with van der Waals surface area (Å²) in [6.45, 7) is 0. The molecule has 172 valence electrons. The smallest absolute Gasteiger partial charge is 0.326 e. The lowest BCUT2D eigenvalue weighted by Crippen LogP contribution is -2.41. The number of rotatable bonds is 10. The monoisotopic (exact) mass is 501 g/mol. The Morgan fingerprint density at radius 1 is 1.15 bits per heavy atom. The average molecular weight is 502 g/mol. The average Bonchev–Trinajstić information content (AvgIpc) is 3.33. The zero-order valence-corrected chi connectivity index (χ0v) is 20.3. The molecule has 0 saturated carbocycles. The minimum absolute atomic E-state index is 0.217. The van der Waals surface area contributed by atoms with Gasteiger partial charge in [-0.3, -0.25) is 14.9 Å². The highest BCUT2D eigenvalue weighted by Gasteiger charge is 2.22. The zero-order valence-electron chi connectivity index (χ0n) is 17.8. The first-order chi connectivity index (χ1) is 16.0. The topological polar surface area (TPSA) is 108 Å². The molecule has 1 atom stereocenters. The molecule has 3 N–H and O–H groups in total. The van der Waals surface area contributed by atoms with Crippen molar-refractivity contribution in [2.75, 3.05) is 17.3 Å². The van der Waals surface area contributed by atoms with Gasteiger partial charge in [-0.2, -0.15) is 11.8 Å². The van der Waals surface area contributed by atoms with E-state index < -0.39 is 17.9 Å². The van der Waals surface area contributed by atoms with Crippen LogP contribution in [-0.4, -0.2) is 45.3 Å². The first kappa shape index (κ1) is 24.8. The maximum atomic E-state index is 13.0. The maximum absolute atomic E-state index is 13.0. The molecule has 1 unspecified atom stereocenters. The molecule has 0 aliphatic rings. The first-order valence-electron chi connectivity index (χ1n) is 10.0. The fraction of sp³-hybridized carbons (Fsp3) is 0.217. The van der Waals surface area contributed by atoms with Crippen molar-refractivity contribution in [1.82, 2.24) is 10.3 Å². The summed E-state index contributed by atoms with van der Waals surface area (Å²) >= 11 is 3.98. The third-order valence-electron chi connectivity index (χ3n) is 4.64. The zero-order chi connectivity index (χ0) is 23.6. The van der Waals surface area contributed by atoms with Gasteiger partial charge in [-0.1, -0.05) is 48.2 Å². The van der Waals surface area contributed by atoms with Crippen molar-refractivity contribution in [2.24, 2.45) is 0 Å². The Hall–Kier alpha value is -2.82. The number of thiazole rings is 1. The van der Waals surface area contributed by atoms with E-state index in [1.807, 2.05) is 42.7 Å². The number of amides is 2. The number of carboxylic acid groups (broad SMARTS) is 1. The van der Waals surface area contributed by atoms with Crippen molar-refractivity contribution in [1.29, 1.82) is 0 Å². The van der Waals surface area contributed by atoms with E-state index in [0.29, 0.717) is 34.2 Å². The Bertz CT molecular complexity index is 1090. The van der Waals surface area contributed by atoms with Crippen LogP contribution in [0.25, 0.3) is 11.1 Å². The number of benzene rings is 2. The molecule has 0 spiro atoms.